The van der Waals surface area contributed by atoms with E-state index in [0.717, 1.165) is 11.3 Å². The molecule has 4 N–H and O–H groups in total. The van der Waals surface area contributed by atoms with E-state index in [2.05, 4.69) is 20.0 Å². The van der Waals surface area contributed by atoms with Crippen molar-refractivity contribution in [3.8, 4) is 16.8 Å². The Balaban J connectivity index is 1.60. The third-order valence-electron chi connectivity index (χ3n) is 5.89. The summed E-state index contributed by atoms with van der Waals surface area (Å²) < 4.78 is 15.9. The van der Waals surface area contributed by atoms with Crippen molar-refractivity contribution < 1.29 is 4.21 Å². The topological polar surface area (TPSA) is 128 Å². The molecule has 0 aliphatic heterocycles. The molecule has 0 spiro atoms. The molecule has 9 nitrogen and oxygen atoms in total. The van der Waals surface area contributed by atoms with E-state index in [-0.39, 0.29) is 11.5 Å². The number of fused-ring (bicyclic) bond motifs is 1. The summed E-state index contributed by atoms with van der Waals surface area (Å²) in [6, 6.07) is 21.4. The van der Waals surface area contributed by atoms with Crippen LogP contribution in [0.5, 0.6) is 0 Å². The Hall–Kier alpha value is -4.28. The quantitative estimate of drug-likeness (QED) is 0.264. The first-order chi connectivity index (χ1) is 18.3. The number of rotatable bonds is 7. The summed E-state index contributed by atoms with van der Waals surface area (Å²) in [7, 11) is -1.18. The van der Waals surface area contributed by atoms with Gasteiger partial charge < -0.3 is 15.8 Å². The monoisotopic (exact) mass is 545 g/mol. The molecule has 0 bridgehead atoms. The molecule has 0 aliphatic rings. The Morgan fingerprint density at radius 3 is 2.45 bits per heavy atom. The standard InChI is InChI=1S/C27H24ClN7O2S/c1-16(31-24-20(15-30-27(29)33-24)17-11-13-18(14-12-17)34-38(2)37)25-32-22-10-6-9-21(28)23(22)26(36)35(25)19-7-4-3-5-8-19/h3-16,34H,1-2H3,(H3,29,30,31,33). The molecule has 5 rings (SSSR count). The summed E-state index contributed by atoms with van der Waals surface area (Å²) in [5.41, 5.74) is 9.08. The third kappa shape index (κ3) is 5.09. The second-order valence-corrected chi connectivity index (χ2v) is 10.1. The molecule has 2 heterocycles. The molecule has 2 atom stereocenters. The average Bonchev–Trinajstić information content (AvgIpc) is 2.89. The molecule has 0 saturated carbocycles. The highest BCUT2D eigenvalue weighted by molar-refractivity contribution is 7.85. The van der Waals surface area contributed by atoms with Gasteiger partial charge in [0.1, 0.15) is 22.6 Å². The lowest BCUT2D eigenvalue weighted by Gasteiger charge is -2.21. The van der Waals surface area contributed by atoms with Gasteiger partial charge >= 0.3 is 0 Å². The maximum absolute atomic E-state index is 13.7. The van der Waals surface area contributed by atoms with Crippen LogP contribution in [0.1, 0.15) is 18.8 Å². The predicted molar refractivity (Wildman–Crippen MR) is 154 cm³/mol. The Morgan fingerprint density at radius 2 is 1.74 bits per heavy atom. The van der Waals surface area contributed by atoms with Gasteiger partial charge in [0.2, 0.25) is 5.95 Å². The number of anilines is 3. The van der Waals surface area contributed by atoms with Gasteiger partial charge in [-0.3, -0.25) is 9.36 Å². The lowest BCUT2D eigenvalue weighted by atomic mass is 10.1. The summed E-state index contributed by atoms with van der Waals surface area (Å²) in [5.74, 6) is 1.05. The van der Waals surface area contributed by atoms with Crippen LogP contribution in [0.2, 0.25) is 5.02 Å². The molecule has 2 unspecified atom stereocenters. The van der Waals surface area contributed by atoms with Crippen molar-refractivity contribution in [3.05, 3.63) is 100 Å². The molecule has 0 fully saturated rings. The van der Waals surface area contributed by atoms with E-state index in [0.29, 0.717) is 38.8 Å². The van der Waals surface area contributed by atoms with E-state index >= 15 is 0 Å². The molecule has 38 heavy (non-hydrogen) atoms. The first kappa shape index (κ1) is 25.4. The summed E-state index contributed by atoms with van der Waals surface area (Å²) in [5, 5.41) is 4.07. The molecule has 192 valence electrons. The zero-order valence-corrected chi connectivity index (χ0v) is 22.1. The molecule has 2 aromatic heterocycles. The van der Waals surface area contributed by atoms with E-state index in [9.17, 15) is 9.00 Å². The lowest BCUT2D eigenvalue weighted by Crippen LogP contribution is -2.27. The van der Waals surface area contributed by atoms with Gasteiger partial charge in [-0.1, -0.05) is 48.0 Å². The Labute approximate surface area is 226 Å². The van der Waals surface area contributed by atoms with E-state index in [4.69, 9.17) is 22.3 Å². The highest BCUT2D eigenvalue weighted by Gasteiger charge is 2.21. The van der Waals surface area contributed by atoms with Crippen LogP contribution in [0.4, 0.5) is 17.5 Å². The number of nitrogens with two attached hydrogens (primary N) is 1. The van der Waals surface area contributed by atoms with Crippen LogP contribution in [0.25, 0.3) is 27.7 Å². The number of hydrogen-bond donors (Lipinski definition) is 3. The van der Waals surface area contributed by atoms with Crippen molar-refractivity contribution in [3.63, 3.8) is 0 Å². The van der Waals surface area contributed by atoms with Crippen LogP contribution in [-0.2, 0) is 11.0 Å². The second kappa shape index (κ2) is 10.6. The molecule has 5 aromatic rings. The summed E-state index contributed by atoms with van der Waals surface area (Å²) in [4.78, 5) is 27.2. The molecule has 0 aliphatic carbocycles. The second-order valence-electron chi connectivity index (χ2n) is 8.57. The van der Waals surface area contributed by atoms with Crippen LogP contribution in [0.15, 0.2) is 83.8 Å². The highest BCUT2D eigenvalue weighted by Crippen LogP contribution is 2.31. The number of aromatic nitrogens is 4. The van der Waals surface area contributed by atoms with Crippen molar-refractivity contribution in [1.82, 2.24) is 19.5 Å². The number of nitrogens with zero attached hydrogens (tertiary/aromatic N) is 4. The highest BCUT2D eigenvalue weighted by atomic mass is 35.5. The largest absolute Gasteiger partial charge is 0.368 e. The van der Waals surface area contributed by atoms with Gasteiger partial charge in [0.05, 0.1) is 27.7 Å². The summed E-state index contributed by atoms with van der Waals surface area (Å²) >= 11 is 6.41. The van der Waals surface area contributed by atoms with Crippen molar-refractivity contribution in [2.24, 2.45) is 0 Å². The Bertz CT molecular complexity index is 1710. The molecule has 0 radical (unpaired) electrons. The third-order valence-corrected chi connectivity index (χ3v) is 6.73. The van der Waals surface area contributed by atoms with Crippen molar-refractivity contribution in [2.45, 2.75) is 13.0 Å². The SMILES string of the molecule is CC(Nc1nc(N)ncc1-c1ccc(NS(C)=O)cc1)c1nc2cccc(Cl)c2c(=O)n1-c1ccccc1. The molecular weight excluding hydrogens is 522 g/mol. The lowest BCUT2D eigenvalue weighted by molar-refractivity contribution is 0.690. The zero-order valence-electron chi connectivity index (χ0n) is 20.6. The van der Waals surface area contributed by atoms with Gasteiger partial charge in [0, 0.05) is 23.7 Å². The molecule has 3 aromatic carbocycles. The Kier molecular flexibility index (Phi) is 7.08. The van der Waals surface area contributed by atoms with Gasteiger partial charge in [-0.05, 0) is 48.9 Å². The zero-order chi connectivity index (χ0) is 26.8. The summed E-state index contributed by atoms with van der Waals surface area (Å²) in [6.07, 6.45) is 3.20. The number of para-hydroxylation sites is 1. The van der Waals surface area contributed by atoms with E-state index in [1.165, 1.54) is 0 Å². The van der Waals surface area contributed by atoms with E-state index in [1.807, 2.05) is 61.5 Å². The molecular formula is C27H24ClN7O2S. The van der Waals surface area contributed by atoms with Crippen molar-refractivity contribution in [2.75, 3.05) is 22.0 Å². The minimum absolute atomic E-state index is 0.0989. The fourth-order valence-corrected chi connectivity index (χ4v) is 4.91. The van der Waals surface area contributed by atoms with Gasteiger partial charge in [-0.2, -0.15) is 4.98 Å². The van der Waals surface area contributed by atoms with Crippen LogP contribution >= 0.6 is 11.6 Å². The molecule has 0 saturated heterocycles. The average molecular weight is 546 g/mol. The normalized spacial score (nSPS) is 12.7. The first-order valence-corrected chi connectivity index (χ1v) is 13.6. The number of nitrogens with one attached hydrogen (secondary N) is 2. The number of nitrogen functional groups attached to an aromatic ring is 1. The van der Waals surface area contributed by atoms with Crippen LogP contribution in [-0.4, -0.2) is 30.0 Å². The van der Waals surface area contributed by atoms with E-state index < -0.39 is 17.0 Å². The van der Waals surface area contributed by atoms with Gasteiger partial charge in [-0.15, -0.1) is 0 Å². The number of hydrogen-bond acceptors (Lipinski definition) is 7. The maximum Gasteiger partial charge on any atom is 0.267 e. The minimum Gasteiger partial charge on any atom is -0.368 e. The van der Waals surface area contributed by atoms with Crippen molar-refractivity contribution in [1.29, 1.82) is 0 Å². The smallest absolute Gasteiger partial charge is 0.267 e. The maximum atomic E-state index is 13.7. The van der Waals surface area contributed by atoms with Crippen LogP contribution in [0.3, 0.4) is 0 Å². The van der Waals surface area contributed by atoms with Gasteiger partial charge in [-0.25, -0.2) is 14.2 Å². The Morgan fingerprint density at radius 1 is 1.00 bits per heavy atom. The van der Waals surface area contributed by atoms with E-state index in [1.54, 1.807) is 35.2 Å². The fourth-order valence-electron chi connectivity index (χ4n) is 4.19. The predicted octanol–water partition coefficient (Wildman–Crippen LogP) is 4.96. The molecule has 11 heteroatoms. The first-order valence-electron chi connectivity index (χ1n) is 11.7. The number of halogens is 1. The van der Waals surface area contributed by atoms with Crippen LogP contribution < -0.4 is 21.3 Å². The summed E-state index contributed by atoms with van der Waals surface area (Å²) in [6.45, 7) is 1.89. The van der Waals surface area contributed by atoms with Crippen molar-refractivity contribution >= 4 is 50.9 Å². The fraction of sp³-hybridized carbons (Fsp3) is 0.111. The van der Waals surface area contributed by atoms with Gasteiger partial charge in [0.15, 0.2) is 0 Å². The van der Waals surface area contributed by atoms with Gasteiger partial charge in [0.25, 0.3) is 5.56 Å². The van der Waals surface area contributed by atoms with Crippen LogP contribution in [0, 0.1) is 0 Å². The number of benzene rings is 3. The molecule has 0 amide bonds. The minimum atomic E-state index is -1.18.